The minimum absolute atomic E-state index is 0.0369. The Morgan fingerprint density at radius 3 is 2.62 bits per heavy atom. The van der Waals surface area contributed by atoms with Crippen molar-refractivity contribution in [3.63, 3.8) is 0 Å². The molecular weight excluding hydrogens is 304 g/mol. The standard InChI is InChI=1S/C18H26N4O2/c1-14(21(2)12-16-11-20-22(3)13-16)18(23)19-10-9-15-5-7-17(24-4)8-6-15/h5-8,11,13-14H,9-10,12H2,1-4H3,(H,19,23). The van der Waals surface area contributed by atoms with E-state index in [9.17, 15) is 4.79 Å². The van der Waals surface area contributed by atoms with Crippen molar-refractivity contribution in [3.8, 4) is 5.75 Å². The number of carbonyl (C=O) groups is 1. The molecule has 24 heavy (non-hydrogen) atoms. The van der Waals surface area contributed by atoms with E-state index in [-0.39, 0.29) is 11.9 Å². The van der Waals surface area contributed by atoms with E-state index < -0.39 is 0 Å². The number of nitrogens with zero attached hydrogens (tertiary/aromatic N) is 3. The molecule has 1 N–H and O–H groups in total. The van der Waals surface area contributed by atoms with E-state index in [0.29, 0.717) is 13.1 Å². The van der Waals surface area contributed by atoms with Crippen molar-refractivity contribution in [2.24, 2.45) is 7.05 Å². The molecule has 0 aliphatic heterocycles. The lowest BCUT2D eigenvalue weighted by atomic mass is 10.1. The molecule has 0 aliphatic carbocycles. The Hall–Kier alpha value is -2.34. The fraction of sp³-hybridized carbons (Fsp3) is 0.444. The van der Waals surface area contributed by atoms with Crippen LogP contribution >= 0.6 is 0 Å². The number of ether oxygens (including phenoxy) is 1. The van der Waals surface area contributed by atoms with Crippen molar-refractivity contribution >= 4 is 5.91 Å². The molecule has 2 rings (SSSR count). The highest BCUT2D eigenvalue weighted by Crippen LogP contribution is 2.11. The Labute approximate surface area is 143 Å². The SMILES string of the molecule is COc1ccc(CCNC(=O)C(C)N(C)Cc2cnn(C)c2)cc1. The smallest absolute Gasteiger partial charge is 0.237 e. The Morgan fingerprint density at radius 2 is 2.04 bits per heavy atom. The van der Waals surface area contributed by atoms with Gasteiger partial charge in [0, 0.05) is 31.9 Å². The molecule has 0 saturated heterocycles. The Kier molecular flexibility index (Phi) is 6.37. The third-order valence-corrected chi connectivity index (χ3v) is 4.10. The summed E-state index contributed by atoms with van der Waals surface area (Å²) in [6, 6.07) is 7.70. The summed E-state index contributed by atoms with van der Waals surface area (Å²) in [6.45, 7) is 3.23. The summed E-state index contributed by atoms with van der Waals surface area (Å²) in [6.07, 6.45) is 4.59. The number of benzene rings is 1. The quantitative estimate of drug-likeness (QED) is 0.799. The molecular formula is C18H26N4O2. The number of rotatable bonds is 8. The summed E-state index contributed by atoms with van der Waals surface area (Å²) < 4.78 is 6.91. The van der Waals surface area contributed by atoms with Gasteiger partial charge >= 0.3 is 0 Å². The van der Waals surface area contributed by atoms with Crippen molar-refractivity contribution in [1.29, 1.82) is 0 Å². The summed E-state index contributed by atoms with van der Waals surface area (Å²) >= 11 is 0. The normalized spacial score (nSPS) is 12.2. The summed E-state index contributed by atoms with van der Waals surface area (Å²) in [4.78, 5) is 14.3. The molecule has 0 bridgehead atoms. The molecule has 2 aromatic rings. The summed E-state index contributed by atoms with van der Waals surface area (Å²) in [5.41, 5.74) is 2.27. The lowest BCUT2D eigenvalue weighted by Crippen LogP contribution is -2.43. The van der Waals surface area contributed by atoms with E-state index >= 15 is 0 Å². The molecule has 0 radical (unpaired) electrons. The van der Waals surface area contributed by atoms with Gasteiger partial charge in [-0.15, -0.1) is 0 Å². The van der Waals surface area contributed by atoms with E-state index in [1.807, 2.05) is 62.6 Å². The van der Waals surface area contributed by atoms with Gasteiger partial charge in [-0.1, -0.05) is 12.1 Å². The topological polar surface area (TPSA) is 59.4 Å². The molecule has 6 nitrogen and oxygen atoms in total. The van der Waals surface area contributed by atoms with Gasteiger partial charge in [-0.3, -0.25) is 14.4 Å². The Morgan fingerprint density at radius 1 is 1.33 bits per heavy atom. The minimum Gasteiger partial charge on any atom is -0.497 e. The fourth-order valence-electron chi connectivity index (χ4n) is 2.45. The number of hydrogen-bond acceptors (Lipinski definition) is 4. The molecule has 0 saturated carbocycles. The van der Waals surface area contributed by atoms with Crippen LogP contribution in [-0.4, -0.2) is 47.3 Å². The largest absolute Gasteiger partial charge is 0.497 e. The highest BCUT2D eigenvalue weighted by atomic mass is 16.5. The molecule has 1 aromatic carbocycles. The summed E-state index contributed by atoms with van der Waals surface area (Å²) in [7, 11) is 5.48. The molecule has 1 amide bonds. The Balaban J connectivity index is 1.76. The lowest BCUT2D eigenvalue weighted by Gasteiger charge is -2.23. The number of aryl methyl sites for hydroxylation is 1. The van der Waals surface area contributed by atoms with E-state index in [1.165, 1.54) is 5.56 Å². The molecule has 0 spiro atoms. The van der Waals surface area contributed by atoms with Crippen LogP contribution in [0.4, 0.5) is 0 Å². The highest BCUT2D eigenvalue weighted by molar-refractivity contribution is 5.81. The van der Waals surface area contributed by atoms with Crippen LogP contribution in [0.2, 0.25) is 0 Å². The number of likely N-dealkylation sites (N-methyl/N-ethyl adjacent to an activating group) is 1. The van der Waals surface area contributed by atoms with Crippen molar-refractivity contribution in [1.82, 2.24) is 20.0 Å². The van der Waals surface area contributed by atoms with Gasteiger partial charge in [-0.25, -0.2) is 0 Å². The van der Waals surface area contributed by atoms with Gasteiger partial charge in [-0.2, -0.15) is 5.10 Å². The highest BCUT2D eigenvalue weighted by Gasteiger charge is 2.18. The third-order valence-electron chi connectivity index (χ3n) is 4.10. The van der Waals surface area contributed by atoms with Crippen LogP contribution in [-0.2, 0) is 24.8 Å². The second-order valence-corrected chi connectivity index (χ2v) is 6.00. The maximum absolute atomic E-state index is 12.3. The predicted molar refractivity (Wildman–Crippen MR) is 93.8 cm³/mol. The molecule has 0 fully saturated rings. The number of amides is 1. The fourth-order valence-corrected chi connectivity index (χ4v) is 2.45. The average Bonchev–Trinajstić information content (AvgIpc) is 2.99. The molecule has 6 heteroatoms. The van der Waals surface area contributed by atoms with Gasteiger partial charge in [0.2, 0.25) is 5.91 Å². The number of hydrogen-bond donors (Lipinski definition) is 1. The van der Waals surface area contributed by atoms with E-state index in [0.717, 1.165) is 17.7 Å². The summed E-state index contributed by atoms with van der Waals surface area (Å²) in [5.74, 6) is 0.878. The zero-order valence-corrected chi connectivity index (χ0v) is 14.8. The van der Waals surface area contributed by atoms with E-state index in [2.05, 4.69) is 10.4 Å². The van der Waals surface area contributed by atoms with Crippen molar-refractivity contribution in [2.75, 3.05) is 20.7 Å². The number of carbonyl (C=O) groups excluding carboxylic acids is 1. The van der Waals surface area contributed by atoms with Gasteiger partial charge in [0.15, 0.2) is 0 Å². The van der Waals surface area contributed by atoms with Gasteiger partial charge in [0.05, 0.1) is 19.3 Å². The second-order valence-electron chi connectivity index (χ2n) is 6.00. The molecule has 1 atom stereocenters. The van der Waals surface area contributed by atoms with Crippen LogP contribution in [0.15, 0.2) is 36.7 Å². The third kappa shape index (κ3) is 5.09. The number of methoxy groups -OCH3 is 1. The first-order chi connectivity index (χ1) is 11.5. The van der Waals surface area contributed by atoms with Crippen LogP contribution in [0.5, 0.6) is 5.75 Å². The predicted octanol–water partition coefficient (Wildman–Crippen LogP) is 1.61. The van der Waals surface area contributed by atoms with Crippen molar-refractivity contribution in [3.05, 3.63) is 47.8 Å². The van der Waals surface area contributed by atoms with Gasteiger partial charge < -0.3 is 10.1 Å². The molecule has 1 heterocycles. The van der Waals surface area contributed by atoms with Crippen LogP contribution < -0.4 is 10.1 Å². The average molecular weight is 330 g/mol. The van der Waals surface area contributed by atoms with Crippen LogP contribution in [0.25, 0.3) is 0 Å². The maximum Gasteiger partial charge on any atom is 0.237 e. The zero-order valence-electron chi connectivity index (χ0n) is 14.8. The van der Waals surface area contributed by atoms with Crippen LogP contribution in [0, 0.1) is 0 Å². The van der Waals surface area contributed by atoms with Gasteiger partial charge in [-0.05, 0) is 38.1 Å². The lowest BCUT2D eigenvalue weighted by molar-refractivity contribution is -0.125. The van der Waals surface area contributed by atoms with E-state index in [4.69, 9.17) is 4.74 Å². The van der Waals surface area contributed by atoms with Crippen molar-refractivity contribution in [2.45, 2.75) is 25.9 Å². The first kappa shape index (κ1) is 18.0. The molecule has 1 unspecified atom stereocenters. The minimum atomic E-state index is -0.193. The molecule has 130 valence electrons. The molecule has 1 aromatic heterocycles. The monoisotopic (exact) mass is 330 g/mol. The van der Waals surface area contributed by atoms with Gasteiger partial charge in [0.1, 0.15) is 5.75 Å². The Bertz CT molecular complexity index is 651. The second kappa shape index (κ2) is 8.49. The van der Waals surface area contributed by atoms with Gasteiger partial charge in [0.25, 0.3) is 0 Å². The maximum atomic E-state index is 12.3. The number of aromatic nitrogens is 2. The summed E-state index contributed by atoms with van der Waals surface area (Å²) in [5, 5.41) is 7.15. The van der Waals surface area contributed by atoms with Crippen LogP contribution in [0.1, 0.15) is 18.1 Å². The first-order valence-electron chi connectivity index (χ1n) is 8.08. The van der Waals surface area contributed by atoms with E-state index in [1.54, 1.807) is 11.8 Å². The molecule has 0 aliphatic rings. The number of nitrogens with one attached hydrogen (secondary N) is 1. The van der Waals surface area contributed by atoms with Crippen molar-refractivity contribution < 1.29 is 9.53 Å². The van der Waals surface area contributed by atoms with Crippen LogP contribution in [0.3, 0.4) is 0 Å². The zero-order chi connectivity index (χ0) is 17.5. The first-order valence-corrected chi connectivity index (χ1v) is 8.08.